The normalized spacial score (nSPS) is 11.9. The quantitative estimate of drug-likeness (QED) is 0.215. The molecular formula is C30H40O5. The Balaban J connectivity index is 2.09. The van der Waals surface area contributed by atoms with Gasteiger partial charge in [-0.3, -0.25) is 0 Å². The monoisotopic (exact) mass is 480 g/mol. The van der Waals surface area contributed by atoms with E-state index < -0.39 is 5.63 Å². The standard InChI is InChI=1S/C30H40O5/c1-21(2)10-8-12-23(5)16-18-33-25-14-15-26-27(20-25)35-30(31)29(28(26)32-7)34-19-17-24(6)13-9-11-22(3)4/h10-11,14-17,20H,8-9,12-13,18-19H2,1-7H3/b23-16+,24-17+. The van der Waals surface area contributed by atoms with Crippen LogP contribution in [0.3, 0.4) is 0 Å². The van der Waals surface area contributed by atoms with E-state index in [2.05, 4.69) is 59.8 Å². The van der Waals surface area contributed by atoms with Crippen LogP contribution in [0, 0.1) is 0 Å². The maximum absolute atomic E-state index is 12.6. The van der Waals surface area contributed by atoms with E-state index in [-0.39, 0.29) is 12.4 Å². The van der Waals surface area contributed by atoms with Gasteiger partial charge in [0.1, 0.15) is 24.5 Å². The fraction of sp³-hybridized carbons (Fsp3) is 0.433. The highest BCUT2D eigenvalue weighted by molar-refractivity contribution is 5.86. The minimum absolute atomic E-state index is 0.0805. The number of ether oxygens (including phenoxy) is 3. The van der Waals surface area contributed by atoms with Gasteiger partial charge in [0.25, 0.3) is 0 Å². The highest BCUT2D eigenvalue weighted by Crippen LogP contribution is 2.34. The van der Waals surface area contributed by atoms with Crippen molar-refractivity contribution in [3.05, 3.63) is 75.2 Å². The van der Waals surface area contributed by atoms with Crippen LogP contribution in [0.25, 0.3) is 11.0 Å². The van der Waals surface area contributed by atoms with Crippen molar-refractivity contribution in [2.75, 3.05) is 20.3 Å². The Kier molecular flexibility index (Phi) is 11.4. The van der Waals surface area contributed by atoms with Crippen molar-refractivity contribution in [2.45, 2.75) is 67.2 Å². The number of hydrogen-bond acceptors (Lipinski definition) is 5. The van der Waals surface area contributed by atoms with E-state index in [9.17, 15) is 4.79 Å². The van der Waals surface area contributed by atoms with Crippen molar-refractivity contribution in [3.63, 3.8) is 0 Å². The molecule has 5 nitrogen and oxygen atoms in total. The molecule has 0 aliphatic carbocycles. The molecule has 0 saturated heterocycles. The zero-order valence-electron chi connectivity index (χ0n) is 22.3. The van der Waals surface area contributed by atoms with E-state index >= 15 is 0 Å². The predicted molar refractivity (Wildman–Crippen MR) is 145 cm³/mol. The van der Waals surface area contributed by atoms with Crippen molar-refractivity contribution >= 4 is 11.0 Å². The van der Waals surface area contributed by atoms with Crippen LogP contribution in [0.2, 0.25) is 0 Å². The second-order valence-electron chi connectivity index (χ2n) is 9.27. The molecule has 0 saturated carbocycles. The van der Waals surface area contributed by atoms with Gasteiger partial charge >= 0.3 is 5.63 Å². The van der Waals surface area contributed by atoms with E-state index in [1.165, 1.54) is 29.4 Å². The summed E-state index contributed by atoms with van der Waals surface area (Å²) in [5, 5.41) is 0.659. The topological polar surface area (TPSA) is 57.9 Å². The van der Waals surface area contributed by atoms with Crippen molar-refractivity contribution in [1.82, 2.24) is 0 Å². The highest BCUT2D eigenvalue weighted by atomic mass is 16.5. The van der Waals surface area contributed by atoms with E-state index in [1.54, 1.807) is 6.07 Å². The molecule has 0 aliphatic heterocycles. The molecule has 190 valence electrons. The summed E-state index contributed by atoms with van der Waals surface area (Å²) in [6.07, 6.45) is 12.5. The first kappa shape index (κ1) is 28.0. The molecule has 0 N–H and O–H groups in total. The first-order valence-corrected chi connectivity index (χ1v) is 12.2. The first-order valence-electron chi connectivity index (χ1n) is 12.2. The van der Waals surface area contributed by atoms with E-state index in [4.69, 9.17) is 18.6 Å². The van der Waals surface area contributed by atoms with Gasteiger partial charge in [0, 0.05) is 6.07 Å². The molecule has 2 rings (SSSR count). The lowest BCUT2D eigenvalue weighted by atomic mass is 10.1. The summed E-state index contributed by atoms with van der Waals surface area (Å²) in [6.45, 7) is 13.3. The average molecular weight is 481 g/mol. The van der Waals surface area contributed by atoms with Crippen molar-refractivity contribution in [2.24, 2.45) is 0 Å². The molecule has 0 bridgehead atoms. The van der Waals surface area contributed by atoms with Crippen molar-refractivity contribution in [3.8, 4) is 17.2 Å². The SMILES string of the molecule is COc1c(OC/C=C(\C)CCC=C(C)C)c(=O)oc2cc(OC/C=C(\C)CCC=C(C)C)ccc12. The van der Waals surface area contributed by atoms with Gasteiger partial charge in [-0.15, -0.1) is 0 Å². The number of hydrogen-bond donors (Lipinski definition) is 0. The van der Waals surface area contributed by atoms with Crippen LogP contribution in [-0.4, -0.2) is 20.3 Å². The minimum atomic E-state index is -0.572. The van der Waals surface area contributed by atoms with Crippen LogP contribution in [0.5, 0.6) is 17.2 Å². The van der Waals surface area contributed by atoms with Gasteiger partial charge < -0.3 is 18.6 Å². The molecule has 0 amide bonds. The molecule has 0 atom stereocenters. The third kappa shape index (κ3) is 9.51. The summed E-state index contributed by atoms with van der Waals surface area (Å²) in [6, 6.07) is 5.38. The summed E-state index contributed by atoms with van der Waals surface area (Å²) in [4.78, 5) is 12.6. The van der Waals surface area contributed by atoms with Crippen molar-refractivity contribution < 1.29 is 18.6 Å². The summed E-state index contributed by atoms with van der Waals surface area (Å²) in [5.74, 6) is 1.07. The molecule has 1 heterocycles. The average Bonchev–Trinajstić information content (AvgIpc) is 2.78. The maximum atomic E-state index is 12.6. The molecule has 0 aliphatic rings. The Morgan fingerprint density at radius 3 is 1.91 bits per heavy atom. The lowest BCUT2D eigenvalue weighted by Crippen LogP contribution is -2.09. The number of benzene rings is 1. The molecule has 35 heavy (non-hydrogen) atoms. The molecule has 5 heteroatoms. The van der Waals surface area contributed by atoms with E-state index in [0.29, 0.717) is 29.1 Å². The molecule has 0 fully saturated rings. The largest absolute Gasteiger partial charge is 0.492 e. The second-order valence-corrected chi connectivity index (χ2v) is 9.27. The molecule has 0 unspecified atom stereocenters. The van der Waals surface area contributed by atoms with Gasteiger partial charge in [-0.1, -0.05) is 34.4 Å². The summed E-state index contributed by atoms with van der Waals surface area (Å²) < 4.78 is 22.7. The highest BCUT2D eigenvalue weighted by Gasteiger charge is 2.17. The van der Waals surface area contributed by atoms with Crippen LogP contribution in [0.1, 0.15) is 67.2 Å². The molecule has 0 radical (unpaired) electrons. The van der Waals surface area contributed by atoms with Gasteiger partial charge in [0.05, 0.1) is 12.5 Å². The number of fused-ring (bicyclic) bond motifs is 1. The zero-order chi connectivity index (χ0) is 25.8. The Morgan fingerprint density at radius 2 is 1.37 bits per heavy atom. The van der Waals surface area contributed by atoms with E-state index in [1.807, 2.05) is 18.2 Å². The van der Waals surface area contributed by atoms with Crippen LogP contribution >= 0.6 is 0 Å². The smallest absolute Gasteiger partial charge is 0.383 e. The van der Waals surface area contributed by atoms with Gasteiger partial charge in [0.2, 0.25) is 5.75 Å². The van der Waals surface area contributed by atoms with E-state index in [0.717, 1.165) is 25.7 Å². The van der Waals surface area contributed by atoms with Gasteiger partial charge in [0.15, 0.2) is 5.75 Å². The maximum Gasteiger partial charge on any atom is 0.383 e. The first-order chi connectivity index (χ1) is 16.7. The molecule has 1 aromatic carbocycles. The zero-order valence-corrected chi connectivity index (χ0v) is 22.3. The molecule has 0 spiro atoms. The van der Waals surface area contributed by atoms with Crippen LogP contribution in [0.15, 0.2) is 74.0 Å². The number of methoxy groups -OCH3 is 1. The molecule has 2 aromatic rings. The van der Waals surface area contributed by atoms with Gasteiger partial charge in [-0.2, -0.15) is 0 Å². The second kappa shape index (κ2) is 14.2. The lowest BCUT2D eigenvalue weighted by molar-refractivity contribution is 0.309. The Labute approximate surface area is 209 Å². The van der Waals surface area contributed by atoms with Gasteiger partial charge in [-0.25, -0.2) is 4.79 Å². The fourth-order valence-electron chi connectivity index (χ4n) is 3.48. The van der Waals surface area contributed by atoms with Gasteiger partial charge in [-0.05, 0) is 91.5 Å². The lowest BCUT2D eigenvalue weighted by Gasteiger charge is -2.12. The third-order valence-corrected chi connectivity index (χ3v) is 5.52. The fourth-order valence-corrected chi connectivity index (χ4v) is 3.48. The predicted octanol–water partition coefficient (Wildman–Crippen LogP) is 7.94. The molecular weight excluding hydrogens is 440 g/mol. The molecule has 1 aromatic heterocycles. The number of rotatable bonds is 13. The minimum Gasteiger partial charge on any atom is -0.492 e. The van der Waals surface area contributed by atoms with Crippen LogP contribution in [0.4, 0.5) is 0 Å². The third-order valence-electron chi connectivity index (χ3n) is 5.52. The Morgan fingerprint density at radius 1 is 0.800 bits per heavy atom. The summed E-state index contributed by atoms with van der Waals surface area (Å²) >= 11 is 0. The summed E-state index contributed by atoms with van der Waals surface area (Å²) in [7, 11) is 1.52. The Hall–Kier alpha value is -3.21. The summed E-state index contributed by atoms with van der Waals surface area (Å²) in [5.41, 5.74) is 4.95. The number of allylic oxidation sites excluding steroid dienone is 6. The van der Waals surface area contributed by atoms with Crippen LogP contribution in [-0.2, 0) is 0 Å². The van der Waals surface area contributed by atoms with Crippen molar-refractivity contribution in [1.29, 1.82) is 0 Å². The van der Waals surface area contributed by atoms with Crippen LogP contribution < -0.4 is 19.8 Å². The Bertz CT molecular complexity index is 1150.